The molecular formula is C26H29N5O. The van der Waals surface area contributed by atoms with Crippen LogP contribution in [-0.4, -0.2) is 34.9 Å². The number of nitrogens with zero attached hydrogens (tertiary/aromatic N) is 2. The van der Waals surface area contributed by atoms with E-state index in [1.54, 1.807) is 12.4 Å². The molecule has 0 bridgehead atoms. The number of rotatable bonds is 5. The minimum atomic E-state index is -0.425. The molecule has 5 rings (SSSR count). The van der Waals surface area contributed by atoms with Crippen LogP contribution in [0, 0.1) is 0 Å². The number of hydrazine groups is 1. The molecule has 0 saturated carbocycles. The number of piperidine rings is 1. The average Bonchev–Trinajstić information content (AvgIpc) is 3.18. The number of amides is 1. The fraction of sp³-hybridized carbons (Fsp3) is 0.308. The van der Waals surface area contributed by atoms with Crippen molar-refractivity contribution in [1.29, 1.82) is 0 Å². The summed E-state index contributed by atoms with van der Waals surface area (Å²) in [4.78, 5) is 19.7. The van der Waals surface area contributed by atoms with Crippen LogP contribution in [0.1, 0.15) is 46.8 Å². The molecule has 1 fully saturated rings. The highest BCUT2D eigenvalue weighted by Crippen LogP contribution is 2.38. The Labute approximate surface area is 189 Å². The minimum Gasteiger partial charge on any atom is -0.348 e. The lowest BCUT2D eigenvalue weighted by atomic mass is 9.85. The fourth-order valence-corrected chi connectivity index (χ4v) is 4.81. The predicted octanol–water partition coefficient (Wildman–Crippen LogP) is 3.67. The van der Waals surface area contributed by atoms with Crippen molar-refractivity contribution < 1.29 is 4.79 Å². The lowest BCUT2D eigenvalue weighted by Gasteiger charge is -2.33. The smallest absolute Gasteiger partial charge is 0.251 e. The summed E-state index contributed by atoms with van der Waals surface area (Å²) in [5, 5.41) is 3.28. The lowest BCUT2D eigenvalue weighted by molar-refractivity contribution is 0.0900. The molecule has 1 aromatic heterocycles. The standard InChI is InChI=1S/C26H29N5O/c1-26(21-11-13-27-14-12-21)23-16-20(9-10-24(23)29-30-26)25(32)28-22-8-5-15-31(18-22)17-19-6-3-2-4-7-19/h2-4,6-7,9-14,16,22,29-30H,5,8,15,17-18H2,1H3,(H,28,32)/t22-,26?/m0/s1. The second kappa shape index (κ2) is 8.73. The summed E-state index contributed by atoms with van der Waals surface area (Å²) in [7, 11) is 0. The Morgan fingerprint density at radius 1 is 1.16 bits per heavy atom. The zero-order valence-electron chi connectivity index (χ0n) is 18.3. The molecule has 1 amide bonds. The van der Waals surface area contributed by atoms with Crippen LogP contribution in [0.2, 0.25) is 0 Å². The van der Waals surface area contributed by atoms with Gasteiger partial charge in [0.15, 0.2) is 0 Å². The van der Waals surface area contributed by atoms with Gasteiger partial charge in [-0.25, -0.2) is 5.43 Å². The highest BCUT2D eigenvalue weighted by molar-refractivity contribution is 5.95. The minimum absolute atomic E-state index is 0.0108. The number of aromatic nitrogens is 1. The number of pyridine rings is 1. The molecule has 0 aliphatic carbocycles. The summed E-state index contributed by atoms with van der Waals surface area (Å²) in [6.07, 6.45) is 5.69. The number of carbonyl (C=O) groups is 1. The second-order valence-electron chi connectivity index (χ2n) is 8.90. The van der Waals surface area contributed by atoms with Gasteiger partial charge in [-0.15, -0.1) is 0 Å². The number of carbonyl (C=O) groups excluding carboxylic acids is 1. The maximum absolute atomic E-state index is 13.1. The number of hydrogen-bond donors (Lipinski definition) is 3. The molecule has 2 aliphatic heterocycles. The van der Waals surface area contributed by atoms with Gasteiger partial charge in [-0.3, -0.25) is 14.7 Å². The maximum atomic E-state index is 13.1. The maximum Gasteiger partial charge on any atom is 0.251 e. The Kier molecular flexibility index (Phi) is 5.64. The van der Waals surface area contributed by atoms with E-state index in [9.17, 15) is 4.79 Å². The van der Waals surface area contributed by atoms with E-state index in [1.807, 2.05) is 36.4 Å². The van der Waals surface area contributed by atoms with Gasteiger partial charge in [-0.05, 0) is 67.8 Å². The largest absolute Gasteiger partial charge is 0.348 e. The normalized spacial score (nSPS) is 22.7. The lowest BCUT2D eigenvalue weighted by Crippen LogP contribution is -2.47. The van der Waals surface area contributed by atoms with Crippen molar-refractivity contribution in [3.8, 4) is 0 Å². The molecule has 3 aromatic rings. The molecule has 0 spiro atoms. The molecule has 3 heterocycles. The Hall–Kier alpha value is -3.22. The number of hydrogen-bond acceptors (Lipinski definition) is 5. The summed E-state index contributed by atoms with van der Waals surface area (Å²) in [5.74, 6) is -0.0108. The third-order valence-corrected chi connectivity index (χ3v) is 6.62. The van der Waals surface area contributed by atoms with Crippen molar-refractivity contribution in [2.24, 2.45) is 0 Å². The first-order valence-corrected chi connectivity index (χ1v) is 11.3. The van der Waals surface area contributed by atoms with E-state index < -0.39 is 5.54 Å². The van der Waals surface area contributed by atoms with Gasteiger partial charge < -0.3 is 10.7 Å². The summed E-state index contributed by atoms with van der Waals surface area (Å²) < 4.78 is 0. The zero-order chi connectivity index (χ0) is 22.0. The molecular weight excluding hydrogens is 398 g/mol. The Morgan fingerprint density at radius 3 is 2.78 bits per heavy atom. The van der Waals surface area contributed by atoms with E-state index >= 15 is 0 Å². The molecule has 2 atom stereocenters. The van der Waals surface area contributed by atoms with E-state index in [4.69, 9.17) is 0 Å². The predicted molar refractivity (Wildman–Crippen MR) is 126 cm³/mol. The van der Waals surface area contributed by atoms with Crippen LogP contribution in [0.4, 0.5) is 5.69 Å². The molecule has 1 saturated heterocycles. The van der Waals surface area contributed by atoms with E-state index in [0.29, 0.717) is 5.56 Å². The molecule has 32 heavy (non-hydrogen) atoms. The summed E-state index contributed by atoms with van der Waals surface area (Å²) in [5.41, 5.74) is 11.4. The van der Waals surface area contributed by atoms with Gasteiger partial charge in [0.2, 0.25) is 0 Å². The van der Waals surface area contributed by atoms with Crippen molar-refractivity contribution in [3.63, 3.8) is 0 Å². The average molecular weight is 428 g/mol. The van der Waals surface area contributed by atoms with Crippen LogP contribution in [0.15, 0.2) is 73.1 Å². The second-order valence-corrected chi connectivity index (χ2v) is 8.90. The van der Waals surface area contributed by atoms with Gasteiger partial charge >= 0.3 is 0 Å². The quantitative estimate of drug-likeness (QED) is 0.580. The first-order valence-electron chi connectivity index (χ1n) is 11.3. The van der Waals surface area contributed by atoms with Crippen molar-refractivity contribution in [2.75, 3.05) is 18.5 Å². The Morgan fingerprint density at radius 2 is 1.97 bits per heavy atom. The molecule has 1 unspecified atom stereocenters. The van der Waals surface area contributed by atoms with Crippen LogP contribution >= 0.6 is 0 Å². The van der Waals surface area contributed by atoms with Crippen molar-refractivity contribution in [3.05, 3.63) is 95.3 Å². The molecule has 6 heteroatoms. The van der Waals surface area contributed by atoms with Crippen LogP contribution in [-0.2, 0) is 12.1 Å². The number of fused-ring (bicyclic) bond motifs is 1. The van der Waals surface area contributed by atoms with Gasteiger partial charge in [0.1, 0.15) is 0 Å². The topological polar surface area (TPSA) is 69.3 Å². The van der Waals surface area contributed by atoms with Gasteiger partial charge in [-0.2, -0.15) is 0 Å². The monoisotopic (exact) mass is 427 g/mol. The molecule has 3 N–H and O–H groups in total. The van der Waals surface area contributed by atoms with Crippen LogP contribution < -0.4 is 16.2 Å². The SMILES string of the molecule is CC1(c2ccncc2)NNc2ccc(C(=O)N[C@H]3CCCN(Cc4ccccc4)C3)cc21. The van der Waals surface area contributed by atoms with Crippen LogP contribution in [0.3, 0.4) is 0 Å². The summed E-state index contributed by atoms with van der Waals surface area (Å²) in [6, 6.07) is 20.6. The van der Waals surface area contributed by atoms with E-state index in [1.165, 1.54) is 5.56 Å². The van der Waals surface area contributed by atoms with Crippen LogP contribution in [0.25, 0.3) is 0 Å². The number of nitrogens with one attached hydrogen (secondary N) is 3. The van der Waals surface area contributed by atoms with E-state index in [2.05, 4.69) is 57.2 Å². The van der Waals surface area contributed by atoms with Gasteiger partial charge in [0, 0.05) is 42.7 Å². The molecule has 164 valence electrons. The van der Waals surface area contributed by atoms with Crippen molar-refractivity contribution >= 4 is 11.6 Å². The number of anilines is 1. The first-order chi connectivity index (χ1) is 15.6. The molecule has 2 aromatic carbocycles. The first kappa shape index (κ1) is 20.7. The summed E-state index contributed by atoms with van der Waals surface area (Å²) in [6.45, 7) is 4.99. The zero-order valence-corrected chi connectivity index (χ0v) is 18.3. The van der Waals surface area contributed by atoms with Crippen molar-refractivity contribution in [1.82, 2.24) is 20.6 Å². The third-order valence-electron chi connectivity index (χ3n) is 6.62. The Bertz CT molecular complexity index is 1090. The number of likely N-dealkylation sites (tertiary alicyclic amines) is 1. The number of benzene rings is 2. The molecule has 0 radical (unpaired) electrons. The highest BCUT2D eigenvalue weighted by atomic mass is 16.1. The molecule has 6 nitrogen and oxygen atoms in total. The van der Waals surface area contributed by atoms with Gasteiger partial charge in [0.05, 0.1) is 11.2 Å². The Balaban J connectivity index is 1.29. The summed E-state index contributed by atoms with van der Waals surface area (Å²) >= 11 is 0. The highest BCUT2D eigenvalue weighted by Gasteiger charge is 2.36. The van der Waals surface area contributed by atoms with Gasteiger partial charge in [0.25, 0.3) is 5.91 Å². The molecule has 2 aliphatic rings. The van der Waals surface area contributed by atoms with E-state index in [0.717, 1.165) is 49.3 Å². The van der Waals surface area contributed by atoms with E-state index in [-0.39, 0.29) is 11.9 Å². The third kappa shape index (κ3) is 4.11. The van der Waals surface area contributed by atoms with Crippen molar-refractivity contribution in [2.45, 2.75) is 37.9 Å². The van der Waals surface area contributed by atoms with Gasteiger partial charge in [-0.1, -0.05) is 30.3 Å². The fourth-order valence-electron chi connectivity index (χ4n) is 4.81. The van der Waals surface area contributed by atoms with Crippen LogP contribution in [0.5, 0.6) is 0 Å².